The van der Waals surface area contributed by atoms with Gasteiger partial charge in [0, 0.05) is 37.9 Å². The van der Waals surface area contributed by atoms with Crippen LogP contribution >= 0.6 is 11.3 Å². The number of nitrogens with one attached hydrogen (secondary N) is 3. The van der Waals surface area contributed by atoms with Crippen LogP contribution in [0, 0.1) is 0 Å². The third-order valence-electron chi connectivity index (χ3n) is 6.37. The van der Waals surface area contributed by atoms with Gasteiger partial charge in [0.05, 0.1) is 19.1 Å². The third kappa shape index (κ3) is 6.61. The Hall–Kier alpha value is -4.28. The molecule has 0 radical (unpaired) electrons. The SMILES string of the molecule is NCCNC(=O)NC[C@@H]1CN(C[C@@H]2[C@H](NC(=O)/C(=N\OC3(C(=O)O)CC3)c3csc(N)n3)C(=O)N2S(=O)(=O)O)C(=O)O1. The number of urea groups is 1. The molecule has 2 saturated heterocycles. The highest BCUT2D eigenvalue weighted by Gasteiger charge is 2.56. The fourth-order valence-corrected chi connectivity index (χ4v) is 5.47. The van der Waals surface area contributed by atoms with E-state index >= 15 is 0 Å². The molecule has 3 atom stereocenters. The average Bonchev–Trinajstić information content (AvgIpc) is 3.47. The molecule has 0 bridgehead atoms. The van der Waals surface area contributed by atoms with Crippen molar-refractivity contribution in [2.24, 2.45) is 10.9 Å². The number of ether oxygens (including phenoxy) is 1. The van der Waals surface area contributed by atoms with Crippen LogP contribution in [0.3, 0.4) is 0 Å². The van der Waals surface area contributed by atoms with Crippen LogP contribution in [0.1, 0.15) is 18.5 Å². The number of nitrogen functional groups attached to an aromatic ring is 1. The Morgan fingerprint density at radius 1 is 1.29 bits per heavy atom. The fourth-order valence-electron chi connectivity index (χ4n) is 4.05. The number of aromatic nitrogens is 1. The number of hydrogen-bond donors (Lipinski definition) is 7. The Bertz CT molecular complexity index is 1410. The summed E-state index contributed by atoms with van der Waals surface area (Å²) >= 11 is 0.933. The van der Waals surface area contributed by atoms with Gasteiger partial charge in [-0.15, -0.1) is 11.3 Å². The first kappa shape index (κ1) is 30.7. The molecule has 22 heteroatoms. The van der Waals surface area contributed by atoms with Gasteiger partial charge in [0.1, 0.15) is 17.8 Å². The number of β-lactam (4-membered cyclic amide) rings is 1. The molecule has 1 saturated carbocycles. The van der Waals surface area contributed by atoms with Crippen molar-refractivity contribution in [2.45, 2.75) is 36.6 Å². The Labute approximate surface area is 241 Å². The van der Waals surface area contributed by atoms with Gasteiger partial charge in [-0.2, -0.15) is 8.42 Å². The van der Waals surface area contributed by atoms with Gasteiger partial charge in [-0.05, 0) is 0 Å². The molecule has 20 nitrogen and oxygen atoms in total. The normalized spacial score (nSPS) is 23.1. The van der Waals surface area contributed by atoms with Gasteiger partial charge in [-0.25, -0.2) is 23.7 Å². The lowest BCUT2D eigenvalue weighted by Gasteiger charge is -2.45. The quantitative estimate of drug-likeness (QED) is 0.0483. The van der Waals surface area contributed by atoms with Crippen LogP contribution in [0.4, 0.5) is 14.7 Å². The van der Waals surface area contributed by atoms with Crippen LogP contribution in [0.2, 0.25) is 0 Å². The van der Waals surface area contributed by atoms with E-state index in [9.17, 15) is 42.0 Å². The predicted octanol–water partition coefficient (Wildman–Crippen LogP) is -3.36. The highest BCUT2D eigenvalue weighted by Crippen LogP contribution is 2.40. The minimum absolute atomic E-state index is 0.0356. The number of nitrogens with zero attached hydrogens (tertiary/aromatic N) is 4. The summed E-state index contributed by atoms with van der Waals surface area (Å²) in [6, 6.07) is -3.61. The van der Waals surface area contributed by atoms with Crippen molar-refractivity contribution in [1.29, 1.82) is 0 Å². The number of carbonyl (C=O) groups is 5. The lowest BCUT2D eigenvalue weighted by atomic mass is 9.97. The lowest BCUT2D eigenvalue weighted by molar-refractivity contribution is -0.153. The minimum atomic E-state index is -5.11. The molecule has 4 rings (SSSR count). The van der Waals surface area contributed by atoms with Gasteiger partial charge in [0.2, 0.25) is 5.60 Å². The summed E-state index contributed by atoms with van der Waals surface area (Å²) in [4.78, 5) is 71.6. The molecule has 3 heterocycles. The molecule has 0 aromatic carbocycles. The summed E-state index contributed by atoms with van der Waals surface area (Å²) < 4.78 is 38.7. The number of rotatable bonds is 13. The maximum absolute atomic E-state index is 13.2. The predicted molar refractivity (Wildman–Crippen MR) is 140 cm³/mol. The highest BCUT2D eigenvalue weighted by molar-refractivity contribution is 7.84. The topological polar surface area (TPSA) is 298 Å². The zero-order valence-corrected chi connectivity index (χ0v) is 23.2. The van der Waals surface area contributed by atoms with Crippen LogP contribution in [0.25, 0.3) is 0 Å². The molecular weight excluding hydrogens is 606 g/mol. The first-order chi connectivity index (χ1) is 19.8. The van der Waals surface area contributed by atoms with Gasteiger partial charge in [-0.3, -0.25) is 14.1 Å². The van der Waals surface area contributed by atoms with Gasteiger partial charge >= 0.3 is 28.4 Å². The number of carbonyl (C=O) groups excluding carboxylic acids is 4. The van der Waals surface area contributed by atoms with Crippen molar-refractivity contribution in [3.63, 3.8) is 0 Å². The van der Waals surface area contributed by atoms with Crippen molar-refractivity contribution in [1.82, 2.24) is 30.1 Å². The van der Waals surface area contributed by atoms with Crippen LogP contribution in [-0.4, -0.2) is 124 Å². The molecule has 0 unspecified atom stereocenters. The smallest absolute Gasteiger partial charge is 0.410 e. The largest absolute Gasteiger partial charge is 0.478 e. The third-order valence-corrected chi connectivity index (χ3v) is 7.99. The summed E-state index contributed by atoms with van der Waals surface area (Å²) in [5.74, 6) is -3.63. The number of carboxylic acid groups (broad SMARTS) is 1. The maximum atomic E-state index is 13.2. The maximum Gasteiger partial charge on any atom is 0.410 e. The molecule has 2 aliphatic heterocycles. The zero-order valence-electron chi connectivity index (χ0n) is 21.6. The molecule has 3 fully saturated rings. The van der Waals surface area contributed by atoms with Gasteiger partial charge < -0.3 is 47.0 Å². The minimum Gasteiger partial charge on any atom is -0.478 e. The number of amides is 5. The molecule has 9 N–H and O–H groups in total. The first-order valence-corrected chi connectivity index (χ1v) is 14.5. The monoisotopic (exact) mass is 633 g/mol. The molecule has 3 aliphatic rings. The first-order valence-electron chi connectivity index (χ1n) is 12.3. The standard InChI is InChI=1S/C20H27N9O11S2/c21-3-4-23-18(34)24-5-9-6-28(19(35)39-9)7-11-13(15(31)29(11)42(36,37)38)26-14(30)12(10-8-41-17(22)25-10)27-40-20(1-2-20)16(32)33/h8-9,11,13H,1-7,21H2,(H2,22,25)(H,26,30)(H,32,33)(H2,23,24,34)(H,36,37,38)/b27-12-/t9-,11-,13+/m1/s1. The summed E-state index contributed by atoms with van der Waals surface area (Å²) in [5, 5.41) is 21.6. The highest BCUT2D eigenvalue weighted by atomic mass is 32.2. The number of cyclic esters (lactones) is 1. The van der Waals surface area contributed by atoms with Gasteiger partial charge in [-0.1, -0.05) is 5.16 Å². The van der Waals surface area contributed by atoms with Crippen molar-refractivity contribution < 1.29 is 51.6 Å². The Morgan fingerprint density at radius 3 is 2.57 bits per heavy atom. The second-order valence-corrected chi connectivity index (χ2v) is 11.5. The van der Waals surface area contributed by atoms with Crippen molar-refractivity contribution >= 4 is 62.4 Å². The van der Waals surface area contributed by atoms with Crippen molar-refractivity contribution in [3.05, 3.63) is 11.1 Å². The summed E-state index contributed by atoms with van der Waals surface area (Å²) in [6.45, 7) is -0.302. The zero-order chi connectivity index (χ0) is 30.8. The summed E-state index contributed by atoms with van der Waals surface area (Å²) in [6.07, 6.45) is -1.47. The average molecular weight is 634 g/mol. The van der Waals surface area contributed by atoms with Crippen LogP contribution in [0.5, 0.6) is 0 Å². The Kier molecular flexibility index (Phi) is 8.70. The Balaban J connectivity index is 1.47. The van der Waals surface area contributed by atoms with E-state index in [1.54, 1.807) is 0 Å². The molecule has 1 aliphatic carbocycles. The molecule has 1 aromatic heterocycles. The molecule has 42 heavy (non-hydrogen) atoms. The van der Waals surface area contributed by atoms with E-state index in [4.69, 9.17) is 21.0 Å². The summed E-state index contributed by atoms with van der Waals surface area (Å²) in [7, 11) is -5.11. The molecule has 0 spiro atoms. The molecule has 5 amide bonds. The molecule has 230 valence electrons. The number of anilines is 1. The lowest BCUT2D eigenvalue weighted by Crippen LogP contribution is -2.74. The van der Waals surface area contributed by atoms with E-state index in [0.717, 1.165) is 16.2 Å². The number of nitrogens with two attached hydrogens (primary N) is 2. The van der Waals surface area contributed by atoms with E-state index < -0.39 is 76.3 Å². The van der Waals surface area contributed by atoms with E-state index in [2.05, 4.69) is 26.1 Å². The summed E-state index contributed by atoms with van der Waals surface area (Å²) in [5.41, 5.74) is 8.65. The van der Waals surface area contributed by atoms with Crippen LogP contribution in [0.15, 0.2) is 10.5 Å². The van der Waals surface area contributed by atoms with E-state index in [1.165, 1.54) is 5.38 Å². The van der Waals surface area contributed by atoms with Gasteiger partial charge in [0.25, 0.3) is 11.8 Å². The van der Waals surface area contributed by atoms with Crippen LogP contribution in [-0.2, 0) is 34.3 Å². The Morgan fingerprint density at radius 2 is 2.00 bits per heavy atom. The molecular formula is C20H27N9O11S2. The van der Waals surface area contributed by atoms with Crippen molar-refractivity contribution in [2.75, 3.05) is 38.5 Å². The van der Waals surface area contributed by atoms with Crippen molar-refractivity contribution in [3.8, 4) is 0 Å². The second kappa shape index (κ2) is 11.9. The van der Waals surface area contributed by atoms with E-state index in [-0.39, 0.29) is 54.2 Å². The number of carboxylic acids is 1. The van der Waals surface area contributed by atoms with E-state index in [1.807, 2.05) is 0 Å². The second-order valence-electron chi connectivity index (χ2n) is 9.37. The number of oxime groups is 1. The van der Waals surface area contributed by atoms with Gasteiger partial charge in [0.15, 0.2) is 10.8 Å². The van der Waals surface area contributed by atoms with E-state index in [0.29, 0.717) is 0 Å². The molecule has 1 aromatic rings. The van der Waals surface area contributed by atoms with Crippen LogP contribution < -0.4 is 27.4 Å². The number of thiazole rings is 1. The number of hydrogen-bond acceptors (Lipinski definition) is 14. The fraction of sp³-hybridized carbons (Fsp3) is 0.550. The number of aliphatic carboxylic acids is 1.